The zero-order chi connectivity index (χ0) is 102. The molecule has 3 amide bonds. The predicted molar refractivity (Wildman–Crippen MR) is 534 cm³/mol. The van der Waals surface area contributed by atoms with Gasteiger partial charge in [-0.05, 0) is 251 Å². The average molecular weight is 2030 g/mol. The lowest BCUT2D eigenvalue weighted by Gasteiger charge is -2.40. The number of carbonyl (C=O) groups excluding carboxylic acids is 6. The number of Topliss-reactive ketones (excluding diaryl/α,β-unsaturated/α-hetero) is 2. The molecular weight excluding hydrogens is 1930 g/mol. The Morgan fingerprint density at radius 1 is 0.424 bits per heavy atom. The molecule has 5 saturated carbocycles. The van der Waals surface area contributed by atoms with Crippen LogP contribution in [0.25, 0.3) is 0 Å². The van der Waals surface area contributed by atoms with E-state index in [1.54, 1.807) is 115 Å². The predicted octanol–water partition coefficient (Wildman–Crippen LogP) is 19.9. The van der Waals surface area contributed by atoms with Crippen LogP contribution < -0.4 is 17.2 Å². The lowest BCUT2D eigenvalue weighted by molar-refractivity contribution is -0.130. The maximum absolute atomic E-state index is 16.6. The van der Waals surface area contributed by atoms with Gasteiger partial charge in [0.1, 0.15) is 23.3 Å². The Balaban J connectivity index is 0.000000139. The number of carbonyl (C=O) groups is 7. The highest BCUT2D eigenvalue weighted by Crippen LogP contribution is 2.55. The van der Waals surface area contributed by atoms with E-state index >= 15 is 13.2 Å². The number of pyridine rings is 3. The topological polar surface area (TPSA) is 377 Å². The molecule has 4 unspecified atom stereocenters. The highest BCUT2D eigenvalue weighted by Gasteiger charge is 2.59. The van der Waals surface area contributed by atoms with Crippen molar-refractivity contribution < 1.29 is 86.5 Å². The van der Waals surface area contributed by atoms with Crippen molar-refractivity contribution in [3.8, 4) is 35.9 Å². The largest absolute Gasteiger partial charge is 0.478 e. The highest BCUT2D eigenvalue weighted by molar-refractivity contribution is 6.31. The van der Waals surface area contributed by atoms with E-state index in [2.05, 4.69) is 50.8 Å². The summed E-state index contributed by atoms with van der Waals surface area (Å²) in [6.07, 6.45) is 22.8. The monoisotopic (exact) mass is 2030 g/mol. The summed E-state index contributed by atoms with van der Waals surface area (Å²) in [7, 11) is 0. The van der Waals surface area contributed by atoms with Crippen LogP contribution in [0.4, 0.5) is 17.6 Å². The fourth-order valence-electron chi connectivity index (χ4n) is 20.7. The number of halogens is 8. The molecule has 0 radical (unpaired) electrons. The smallest absolute Gasteiger partial charge is 0.336 e. The van der Waals surface area contributed by atoms with Crippen LogP contribution in [0.15, 0.2) is 201 Å². The van der Waals surface area contributed by atoms with Crippen molar-refractivity contribution in [2.75, 3.05) is 13.2 Å². The van der Waals surface area contributed by atoms with Gasteiger partial charge in [0.2, 0.25) is 0 Å². The number of aliphatic hydroxyl groups is 5. The molecule has 6 heterocycles. The van der Waals surface area contributed by atoms with E-state index in [1.807, 2.05) is 0 Å². The highest BCUT2D eigenvalue weighted by atomic mass is 35.5. The van der Waals surface area contributed by atoms with Gasteiger partial charge in [0.05, 0.1) is 107 Å². The number of hydrogen-bond acceptors (Lipinski definition) is 19. The second kappa shape index (κ2) is 45.0. The molecule has 11 aromatic rings. The van der Waals surface area contributed by atoms with E-state index in [0.717, 1.165) is 158 Å². The Morgan fingerprint density at radius 3 is 1.15 bits per heavy atom. The minimum atomic E-state index is -2.13. The van der Waals surface area contributed by atoms with Crippen LogP contribution in [0.1, 0.15) is 310 Å². The molecule has 8 aromatic carbocycles. The van der Waals surface area contributed by atoms with Crippen molar-refractivity contribution in [2.45, 2.75) is 190 Å². The van der Waals surface area contributed by atoms with E-state index in [-0.39, 0.29) is 135 Å². The van der Waals surface area contributed by atoms with Crippen LogP contribution in [0.5, 0.6) is 0 Å². The van der Waals surface area contributed by atoms with E-state index in [0.29, 0.717) is 65.0 Å². The number of carboxylic acid groups (broad SMARTS) is 1. The van der Waals surface area contributed by atoms with Crippen LogP contribution in [0.3, 0.4) is 0 Å². The molecule has 0 saturated heterocycles. The van der Waals surface area contributed by atoms with Gasteiger partial charge in [0.15, 0.2) is 34.5 Å². The molecule has 742 valence electrons. The van der Waals surface area contributed by atoms with Gasteiger partial charge < -0.3 is 52.6 Å². The summed E-state index contributed by atoms with van der Waals surface area (Å²) in [5.41, 5.74) is 13.6. The van der Waals surface area contributed by atoms with Crippen molar-refractivity contribution in [1.82, 2.24) is 29.7 Å². The molecule has 19 rings (SSSR count). The van der Waals surface area contributed by atoms with Crippen molar-refractivity contribution in [1.29, 1.82) is 0 Å². The summed E-state index contributed by atoms with van der Waals surface area (Å²) in [5, 5.41) is 67.2. The van der Waals surface area contributed by atoms with Crippen molar-refractivity contribution in [3.05, 3.63) is 367 Å². The minimum absolute atomic E-state index is 0.00768. The first-order valence-corrected chi connectivity index (χ1v) is 49.6. The Labute approximate surface area is 850 Å². The normalized spacial score (nSPS) is 19.4. The molecule has 5 fully saturated rings. The van der Waals surface area contributed by atoms with E-state index in [9.17, 15) is 68.6 Å². The van der Waals surface area contributed by atoms with Gasteiger partial charge in [-0.25, -0.2) is 22.4 Å². The third-order valence-corrected chi connectivity index (χ3v) is 29.7. The van der Waals surface area contributed by atoms with Gasteiger partial charge in [-0.3, -0.25) is 58.4 Å². The summed E-state index contributed by atoms with van der Waals surface area (Å²) < 4.78 is 69.7. The summed E-state index contributed by atoms with van der Waals surface area (Å²) >= 11 is 24.2. The number of ether oxygens (including phenoxy) is 1. The number of rotatable bonds is 24. The van der Waals surface area contributed by atoms with E-state index < -0.39 is 98.7 Å². The van der Waals surface area contributed by atoms with Crippen LogP contribution in [0.2, 0.25) is 20.1 Å². The van der Waals surface area contributed by atoms with Crippen LogP contribution in [0, 0.1) is 88.2 Å². The van der Waals surface area contributed by atoms with Gasteiger partial charge in [0, 0.05) is 124 Å². The third-order valence-electron chi connectivity index (χ3n) is 28.7. The fraction of sp³-hybridized carbons (Fsp3) is 0.327. The molecule has 3 aromatic heterocycles. The zero-order valence-electron chi connectivity index (χ0n) is 78.5. The Bertz CT molecular complexity index is 6890. The number of carboxylic acids is 1. The molecule has 23 nitrogen and oxygen atoms in total. The molecule has 144 heavy (non-hydrogen) atoms. The maximum Gasteiger partial charge on any atom is 0.336 e. The molecular formula is C113H105Cl4F4N9O14. The van der Waals surface area contributed by atoms with Gasteiger partial charge in [0.25, 0.3) is 17.7 Å². The zero-order valence-corrected chi connectivity index (χ0v) is 81.5. The Kier molecular flexibility index (Phi) is 32.4. The van der Waals surface area contributed by atoms with Gasteiger partial charge >= 0.3 is 5.97 Å². The summed E-state index contributed by atoms with van der Waals surface area (Å²) in [6.45, 7) is -0.232. The molecule has 12 N–H and O–H groups in total. The molecule has 5 aliphatic carbocycles. The molecule has 3 aliphatic heterocycles. The van der Waals surface area contributed by atoms with Gasteiger partial charge in [-0.1, -0.05) is 160 Å². The quantitative estimate of drug-likeness (QED) is 0.0117. The Morgan fingerprint density at radius 2 is 0.771 bits per heavy atom. The third kappa shape index (κ3) is 21.8. The van der Waals surface area contributed by atoms with Crippen molar-refractivity contribution in [2.24, 2.45) is 46.3 Å². The summed E-state index contributed by atoms with van der Waals surface area (Å²) in [6, 6.07) is 52.6. The second-order valence-electron chi connectivity index (χ2n) is 37.9. The SMILES string of the molecule is NC#Cc1ccc(CN2C(=O)c3cc(C(=O)C4CCCCC4)cc(F)c3C2(O)c2ccc(Cl)cc2)nc1.NC#Cc1ccc(CN2C(=O)c3cc(C(=O)C4CCCCC4)cc(F)c3[C@]2(OCC2(CO)CC2)c2ccc(Cl)cc2)nc1.NC#Cc1ccc(CN2C(=O)c3cc(C(O)C4CCCCC4)cc(F)c3C2(O)c2ccc(Cl)cc2)nc1.O=C(O)c1cc(C(O)C2CCCCC2)cc(F)c1C(=O)c1ccc(Cl)cc1. The molecule has 31 heteroatoms. The summed E-state index contributed by atoms with van der Waals surface area (Å²) in [4.78, 5) is 110. The number of nitrogens with zero attached hydrogens (tertiary/aromatic N) is 6. The fourth-order valence-corrected chi connectivity index (χ4v) is 21.2. The molecule has 0 bridgehead atoms. The van der Waals surface area contributed by atoms with Crippen LogP contribution >= 0.6 is 46.4 Å². The molecule has 8 aliphatic rings. The van der Waals surface area contributed by atoms with Crippen LogP contribution in [-0.2, 0) is 41.5 Å². The first-order valence-electron chi connectivity index (χ1n) is 48.1. The lowest BCUT2D eigenvalue weighted by Crippen LogP contribution is -2.48. The molecule has 0 spiro atoms. The number of benzene rings is 8. The summed E-state index contributed by atoms with van der Waals surface area (Å²) in [5.74, 6) is 0.438. The van der Waals surface area contributed by atoms with Gasteiger partial charge in [-0.15, -0.1) is 0 Å². The maximum atomic E-state index is 16.6. The number of aromatic nitrogens is 3. The standard InChI is InChI=1S/C34H33ClFN3O4.C29H27ClFN3O3.C29H25ClFN3O3.C21H20ClFO4/c35-26-9-7-25(8-10-26)34(43-21-33(20-40)13-14-33)30-28(16-24(17-29(30)36)31(41)23-4-2-1-3-5-23)32(42)39(34)19-27-11-6-22(12-15-37)18-38-27;2*30-22-9-7-21(8-10-22)29(37)26-24(14-20(15-25(26)31)27(35)19-4-2-1-3-5-19)28(36)34(29)17-23-11-6-18(12-13-32)16-33-23;22-15-8-6-13(7-9-15)20(25)18-16(21(26)27)10-14(11-17(18)23)19(24)12-4-2-1-3-5-12/h6-11,16-18,23,40H,1-5,13-14,19-21,37H2;6-11,14-16,19,27,35,37H,1-5,17,32H2;6-11,14-16,19,37H,1-5,17,32H2;6-12,19,24H,1-5H2,(H,26,27)/t34-;;;/m1.../s1. The number of hydrogen-bond donors (Lipinski definition) is 9. The second-order valence-corrected chi connectivity index (χ2v) is 39.6. The van der Waals surface area contributed by atoms with Crippen LogP contribution in [-0.4, -0.2) is 115 Å². The Hall–Kier alpha value is -13.2. The number of ketones is 3. The number of amides is 3. The molecule has 5 atom stereocenters. The lowest BCUT2D eigenvalue weighted by atomic mass is 9.82. The van der Waals surface area contributed by atoms with Gasteiger partial charge in [-0.2, -0.15) is 0 Å². The number of fused-ring (bicyclic) bond motifs is 3. The van der Waals surface area contributed by atoms with E-state index in [4.69, 9.17) is 68.3 Å². The minimum Gasteiger partial charge on any atom is -0.478 e. The first-order chi connectivity index (χ1) is 69.3. The van der Waals surface area contributed by atoms with E-state index in [1.165, 1.54) is 82.9 Å². The number of nitrogens with two attached hydrogens (primary N) is 3. The number of aromatic carboxylic acids is 1. The first kappa shape index (κ1) is 104. The number of aliphatic hydroxyl groups excluding tert-OH is 3. The van der Waals surface area contributed by atoms with Crippen molar-refractivity contribution >= 4 is 87.4 Å². The average Bonchev–Trinajstić information content (AvgIpc) is 1.55. The van der Waals surface area contributed by atoms with Crippen molar-refractivity contribution in [3.63, 3.8) is 0 Å².